The molecule has 3 aromatic rings. The average molecular weight is 377 g/mol. The molecular formula is C20H19N5O3. The van der Waals surface area contributed by atoms with Crippen LogP contribution >= 0.6 is 0 Å². The van der Waals surface area contributed by atoms with Crippen LogP contribution in [0.25, 0.3) is 0 Å². The minimum absolute atomic E-state index is 0.0508. The maximum absolute atomic E-state index is 13.0. The standard InChI is InChI=1S/C20H19N5O3/c26-19(24-5-1-2-6-24)13-3-4-15-14(7-13)10-25(18(15)17-9-22-12-28-17)20(27)16-8-21-11-23-16/h3-4,7-9,11-12,18H,1-2,5-6,10H2,(H,21,23). The molecule has 1 aromatic carbocycles. The molecule has 1 saturated heterocycles. The van der Waals surface area contributed by atoms with E-state index in [1.807, 2.05) is 23.1 Å². The fourth-order valence-corrected chi connectivity index (χ4v) is 4.07. The average Bonchev–Trinajstić information content (AvgIpc) is 3.51. The molecule has 2 aromatic heterocycles. The van der Waals surface area contributed by atoms with Crippen LogP contribution in [0.1, 0.15) is 56.6 Å². The van der Waals surface area contributed by atoms with E-state index in [0.29, 0.717) is 23.6 Å². The first-order chi connectivity index (χ1) is 13.7. The fourth-order valence-electron chi connectivity index (χ4n) is 4.07. The van der Waals surface area contributed by atoms with Gasteiger partial charge < -0.3 is 19.2 Å². The van der Waals surface area contributed by atoms with Gasteiger partial charge in [0.15, 0.2) is 12.2 Å². The third-order valence-corrected chi connectivity index (χ3v) is 5.44. The summed E-state index contributed by atoms with van der Waals surface area (Å²) in [6.45, 7) is 2.00. The van der Waals surface area contributed by atoms with Crippen LogP contribution in [-0.4, -0.2) is 49.7 Å². The van der Waals surface area contributed by atoms with Gasteiger partial charge in [0.25, 0.3) is 11.8 Å². The molecule has 4 heterocycles. The number of carbonyl (C=O) groups excluding carboxylic acids is 2. The van der Waals surface area contributed by atoms with Gasteiger partial charge in [-0.1, -0.05) is 6.07 Å². The third-order valence-electron chi connectivity index (χ3n) is 5.44. The lowest BCUT2D eigenvalue weighted by molar-refractivity contribution is 0.0697. The molecule has 0 bridgehead atoms. The van der Waals surface area contributed by atoms with Crippen molar-refractivity contribution in [1.29, 1.82) is 0 Å². The van der Waals surface area contributed by atoms with E-state index >= 15 is 0 Å². The number of hydrogen-bond acceptors (Lipinski definition) is 5. The summed E-state index contributed by atoms with van der Waals surface area (Å²) in [5.41, 5.74) is 2.96. The second-order valence-electron chi connectivity index (χ2n) is 7.12. The summed E-state index contributed by atoms with van der Waals surface area (Å²) in [6, 6.07) is 5.28. The number of H-pyrrole nitrogens is 1. The van der Waals surface area contributed by atoms with E-state index in [2.05, 4.69) is 15.0 Å². The van der Waals surface area contributed by atoms with Crippen molar-refractivity contribution >= 4 is 11.8 Å². The molecular weight excluding hydrogens is 358 g/mol. The van der Waals surface area contributed by atoms with Gasteiger partial charge >= 0.3 is 0 Å². The molecule has 8 nitrogen and oxygen atoms in total. The van der Waals surface area contributed by atoms with Gasteiger partial charge in [0, 0.05) is 25.2 Å². The topological polar surface area (TPSA) is 95.3 Å². The first-order valence-corrected chi connectivity index (χ1v) is 9.32. The fraction of sp³-hybridized carbons (Fsp3) is 0.300. The van der Waals surface area contributed by atoms with Crippen molar-refractivity contribution in [1.82, 2.24) is 24.8 Å². The predicted octanol–water partition coefficient (Wildman–Crippen LogP) is 2.38. The zero-order valence-electron chi connectivity index (χ0n) is 15.2. The molecule has 2 amide bonds. The van der Waals surface area contributed by atoms with Gasteiger partial charge in [-0.15, -0.1) is 0 Å². The van der Waals surface area contributed by atoms with E-state index in [1.165, 1.54) is 18.9 Å². The predicted molar refractivity (Wildman–Crippen MR) is 98.4 cm³/mol. The molecule has 1 fully saturated rings. The van der Waals surface area contributed by atoms with E-state index in [4.69, 9.17) is 4.42 Å². The van der Waals surface area contributed by atoms with Gasteiger partial charge in [0.05, 0.1) is 18.7 Å². The number of carbonyl (C=O) groups is 2. The van der Waals surface area contributed by atoms with Crippen molar-refractivity contribution in [2.45, 2.75) is 25.4 Å². The molecule has 8 heteroatoms. The molecule has 5 rings (SSSR count). The molecule has 0 spiro atoms. The smallest absolute Gasteiger partial charge is 0.273 e. The Hall–Kier alpha value is -3.42. The van der Waals surface area contributed by atoms with Crippen LogP contribution < -0.4 is 0 Å². The summed E-state index contributed by atoms with van der Waals surface area (Å²) >= 11 is 0. The Morgan fingerprint density at radius 1 is 1.11 bits per heavy atom. The highest BCUT2D eigenvalue weighted by molar-refractivity contribution is 5.95. The van der Waals surface area contributed by atoms with Crippen LogP contribution in [0.4, 0.5) is 0 Å². The number of fused-ring (bicyclic) bond motifs is 1. The number of aromatic nitrogens is 3. The van der Waals surface area contributed by atoms with Gasteiger partial charge in [-0.05, 0) is 36.1 Å². The third kappa shape index (κ3) is 2.69. The molecule has 1 atom stereocenters. The maximum atomic E-state index is 13.0. The molecule has 0 radical (unpaired) electrons. The van der Waals surface area contributed by atoms with Crippen LogP contribution in [-0.2, 0) is 6.54 Å². The monoisotopic (exact) mass is 377 g/mol. The highest BCUT2D eigenvalue weighted by Crippen LogP contribution is 2.39. The number of benzene rings is 1. The number of amides is 2. The molecule has 1 N–H and O–H groups in total. The molecule has 2 aliphatic heterocycles. The van der Waals surface area contributed by atoms with Crippen LogP contribution in [0.5, 0.6) is 0 Å². The Morgan fingerprint density at radius 2 is 1.96 bits per heavy atom. The van der Waals surface area contributed by atoms with Crippen LogP contribution in [0.2, 0.25) is 0 Å². The molecule has 1 unspecified atom stereocenters. The number of likely N-dealkylation sites (tertiary alicyclic amines) is 1. The highest BCUT2D eigenvalue weighted by atomic mass is 16.3. The molecule has 2 aliphatic rings. The van der Waals surface area contributed by atoms with Gasteiger partial charge in [0.2, 0.25) is 0 Å². The molecule has 0 saturated carbocycles. The number of oxazole rings is 1. The lowest BCUT2D eigenvalue weighted by Gasteiger charge is -2.22. The minimum Gasteiger partial charge on any atom is -0.446 e. The van der Waals surface area contributed by atoms with E-state index in [1.54, 1.807) is 11.1 Å². The van der Waals surface area contributed by atoms with Crippen LogP contribution in [0, 0.1) is 0 Å². The second kappa shape index (κ2) is 6.63. The zero-order chi connectivity index (χ0) is 19.1. The summed E-state index contributed by atoms with van der Waals surface area (Å²) in [5, 5.41) is 0. The summed E-state index contributed by atoms with van der Waals surface area (Å²) in [4.78, 5) is 40.2. The summed E-state index contributed by atoms with van der Waals surface area (Å²) in [5.74, 6) is 0.461. The van der Waals surface area contributed by atoms with Crippen molar-refractivity contribution < 1.29 is 14.0 Å². The number of rotatable bonds is 3. The number of imidazole rings is 1. The molecule has 28 heavy (non-hydrogen) atoms. The van der Waals surface area contributed by atoms with Crippen LogP contribution in [0.3, 0.4) is 0 Å². The Balaban J connectivity index is 1.51. The lowest BCUT2D eigenvalue weighted by Crippen LogP contribution is -2.30. The normalized spacial score (nSPS) is 18.5. The van der Waals surface area contributed by atoms with Crippen molar-refractivity contribution in [2.24, 2.45) is 0 Å². The van der Waals surface area contributed by atoms with E-state index in [-0.39, 0.29) is 17.9 Å². The SMILES string of the molecule is O=C(c1ccc2c(c1)CN(C(=O)c1cnc[nH]1)C2c1cnco1)N1CCCC1. The lowest BCUT2D eigenvalue weighted by atomic mass is 10.00. The van der Waals surface area contributed by atoms with E-state index in [9.17, 15) is 9.59 Å². The number of nitrogens with one attached hydrogen (secondary N) is 1. The van der Waals surface area contributed by atoms with E-state index < -0.39 is 0 Å². The zero-order valence-corrected chi connectivity index (χ0v) is 15.2. The number of nitrogens with zero attached hydrogens (tertiary/aromatic N) is 4. The number of aromatic amines is 1. The largest absolute Gasteiger partial charge is 0.446 e. The van der Waals surface area contributed by atoms with Crippen molar-refractivity contribution in [2.75, 3.05) is 13.1 Å². The summed E-state index contributed by atoms with van der Waals surface area (Å²) < 4.78 is 5.53. The Morgan fingerprint density at radius 3 is 2.68 bits per heavy atom. The van der Waals surface area contributed by atoms with Crippen LogP contribution in [0.15, 0.2) is 47.7 Å². The van der Waals surface area contributed by atoms with Gasteiger partial charge in [-0.25, -0.2) is 9.97 Å². The first kappa shape index (κ1) is 16.7. The quantitative estimate of drug-likeness (QED) is 0.756. The molecule has 0 aliphatic carbocycles. The van der Waals surface area contributed by atoms with Crippen molar-refractivity contribution in [3.63, 3.8) is 0 Å². The van der Waals surface area contributed by atoms with Gasteiger partial charge in [-0.2, -0.15) is 0 Å². The van der Waals surface area contributed by atoms with Gasteiger partial charge in [-0.3, -0.25) is 9.59 Å². The summed E-state index contributed by atoms with van der Waals surface area (Å²) in [7, 11) is 0. The minimum atomic E-state index is -0.385. The highest BCUT2D eigenvalue weighted by Gasteiger charge is 2.38. The second-order valence-corrected chi connectivity index (χ2v) is 7.12. The van der Waals surface area contributed by atoms with Gasteiger partial charge in [0.1, 0.15) is 11.7 Å². The summed E-state index contributed by atoms with van der Waals surface area (Å²) in [6.07, 6.45) is 8.07. The van der Waals surface area contributed by atoms with Crippen molar-refractivity contribution in [3.05, 3.63) is 71.5 Å². The van der Waals surface area contributed by atoms with Crippen molar-refractivity contribution in [3.8, 4) is 0 Å². The Bertz CT molecular complexity index is 1010. The van der Waals surface area contributed by atoms with E-state index in [0.717, 1.165) is 37.1 Å². The first-order valence-electron chi connectivity index (χ1n) is 9.32. The maximum Gasteiger partial charge on any atom is 0.273 e. The molecule has 142 valence electrons. The number of hydrogen-bond donors (Lipinski definition) is 1. The Kier molecular flexibility index (Phi) is 3.96. The Labute approximate surface area is 161 Å².